The van der Waals surface area contributed by atoms with Crippen molar-refractivity contribution in [2.75, 3.05) is 0 Å². The number of rotatable bonds is 5. The molecule has 0 amide bonds. The second kappa shape index (κ2) is 7.33. The molecule has 0 spiro atoms. The number of aryl methyl sites for hydroxylation is 1. The molecule has 0 saturated heterocycles. The van der Waals surface area contributed by atoms with E-state index in [1.54, 1.807) is 12.3 Å². The van der Waals surface area contributed by atoms with E-state index < -0.39 is 11.7 Å². The Morgan fingerprint density at radius 3 is 2.64 bits per heavy atom. The molecule has 0 unspecified atom stereocenters. The fraction of sp³-hybridized carbons (Fsp3) is 0.222. The number of hydrogen-bond acceptors (Lipinski definition) is 4. The van der Waals surface area contributed by atoms with Gasteiger partial charge >= 0.3 is 6.18 Å². The van der Waals surface area contributed by atoms with Gasteiger partial charge in [-0.3, -0.25) is 4.98 Å². The summed E-state index contributed by atoms with van der Waals surface area (Å²) < 4.78 is 38.1. The highest BCUT2D eigenvalue weighted by atomic mass is 32.1. The van der Waals surface area contributed by atoms with Crippen LogP contribution >= 0.6 is 11.3 Å². The predicted molar refractivity (Wildman–Crippen MR) is 92.1 cm³/mol. The standard InChI is InChI=1S/C18H16F3N3S/c1-12-4-2-7-15(24-12)16-10-23-17(25-16)11-22-9-13-5-3-6-14(8-13)18(19,20)21/h2-8,10,22H,9,11H2,1H3. The maximum absolute atomic E-state index is 12.7. The first-order chi connectivity index (χ1) is 11.9. The average molecular weight is 363 g/mol. The molecule has 3 aromatic rings. The Morgan fingerprint density at radius 1 is 1.08 bits per heavy atom. The minimum atomic E-state index is -4.32. The van der Waals surface area contributed by atoms with E-state index in [1.807, 2.05) is 25.1 Å². The first-order valence-corrected chi connectivity index (χ1v) is 8.49. The van der Waals surface area contributed by atoms with E-state index in [2.05, 4.69) is 15.3 Å². The highest BCUT2D eigenvalue weighted by Crippen LogP contribution is 2.29. The smallest absolute Gasteiger partial charge is 0.306 e. The van der Waals surface area contributed by atoms with Crippen LogP contribution in [0.3, 0.4) is 0 Å². The number of thiazole rings is 1. The molecular weight excluding hydrogens is 347 g/mol. The fourth-order valence-corrected chi connectivity index (χ4v) is 3.22. The molecule has 130 valence electrons. The van der Waals surface area contributed by atoms with Crippen LogP contribution in [0.4, 0.5) is 13.2 Å². The third-order valence-electron chi connectivity index (χ3n) is 3.55. The van der Waals surface area contributed by atoms with Crippen LogP contribution in [0.25, 0.3) is 10.6 Å². The molecule has 0 fully saturated rings. The average Bonchev–Trinajstić information content (AvgIpc) is 3.03. The van der Waals surface area contributed by atoms with Gasteiger partial charge in [0.1, 0.15) is 5.01 Å². The number of pyridine rings is 1. The summed E-state index contributed by atoms with van der Waals surface area (Å²) in [5.41, 5.74) is 1.78. The molecule has 0 aliphatic heterocycles. The zero-order valence-corrected chi connectivity index (χ0v) is 14.3. The van der Waals surface area contributed by atoms with Crippen LogP contribution in [0.2, 0.25) is 0 Å². The Labute approximate surface area is 147 Å². The lowest BCUT2D eigenvalue weighted by Gasteiger charge is -2.09. The highest BCUT2D eigenvalue weighted by molar-refractivity contribution is 7.15. The van der Waals surface area contributed by atoms with Crippen molar-refractivity contribution in [3.8, 4) is 10.6 Å². The molecule has 0 aliphatic carbocycles. The molecule has 0 bridgehead atoms. The van der Waals surface area contributed by atoms with Crippen LogP contribution < -0.4 is 5.32 Å². The Bertz CT molecular complexity index is 859. The Balaban J connectivity index is 1.60. The zero-order chi connectivity index (χ0) is 17.9. The first kappa shape index (κ1) is 17.6. The number of halogens is 3. The number of hydrogen-bond donors (Lipinski definition) is 1. The normalized spacial score (nSPS) is 11.7. The summed E-state index contributed by atoms with van der Waals surface area (Å²) in [5, 5.41) is 4.00. The summed E-state index contributed by atoms with van der Waals surface area (Å²) in [7, 11) is 0. The maximum Gasteiger partial charge on any atom is 0.416 e. The molecule has 7 heteroatoms. The van der Waals surface area contributed by atoms with Crippen LogP contribution in [-0.2, 0) is 19.3 Å². The lowest BCUT2D eigenvalue weighted by molar-refractivity contribution is -0.137. The van der Waals surface area contributed by atoms with Gasteiger partial charge in [-0.1, -0.05) is 24.3 Å². The SMILES string of the molecule is Cc1cccc(-c2cnc(CNCc3cccc(C(F)(F)F)c3)s2)n1. The van der Waals surface area contributed by atoms with Crippen LogP contribution in [0.5, 0.6) is 0 Å². The minimum Gasteiger partial charge on any atom is -0.306 e. The van der Waals surface area contributed by atoms with Crippen molar-refractivity contribution in [1.29, 1.82) is 0 Å². The molecule has 1 aromatic carbocycles. The largest absolute Gasteiger partial charge is 0.416 e. The number of nitrogens with zero attached hydrogens (tertiary/aromatic N) is 2. The molecule has 3 nitrogen and oxygen atoms in total. The fourth-order valence-electron chi connectivity index (χ4n) is 2.36. The van der Waals surface area contributed by atoms with Crippen LogP contribution in [0, 0.1) is 6.92 Å². The van der Waals surface area contributed by atoms with Crippen LogP contribution in [0.1, 0.15) is 21.8 Å². The maximum atomic E-state index is 12.7. The second-order valence-corrected chi connectivity index (χ2v) is 6.70. The highest BCUT2D eigenvalue weighted by Gasteiger charge is 2.30. The van der Waals surface area contributed by atoms with Gasteiger partial charge in [0, 0.05) is 25.0 Å². The van der Waals surface area contributed by atoms with Crippen molar-refractivity contribution in [3.63, 3.8) is 0 Å². The summed E-state index contributed by atoms with van der Waals surface area (Å²) in [6.07, 6.45) is -2.55. The minimum absolute atomic E-state index is 0.349. The molecule has 3 rings (SSSR count). The van der Waals surface area contributed by atoms with E-state index in [0.29, 0.717) is 18.7 Å². The second-order valence-electron chi connectivity index (χ2n) is 5.58. The monoisotopic (exact) mass is 363 g/mol. The van der Waals surface area contributed by atoms with E-state index in [9.17, 15) is 13.2 Å². The summed E-state index contributed by atoms with van der Waals surface area (Å²) in [6.45, 7) is 2.77. The van der Waals surface area contributed by atoms with Gasteiger partial charge in [0.15, 0.2) is 0 Å². The van der Waals surface area contributed by atoms with Crippen LogP contribution in [0.15, 0.2) is 48.7 Å². The summed E-state index contributed by atoms with van der Waals surface area (Å²) in [4.78, 5) is 9.78. The van der Waals surface area contributed by atoms with E-state index in [1.165, 1.54) is 17.4 Å². The molecule has 0 aliphatic rings. The molecule has 2 heterocycles. The number of nitrogens with one attached hydrogen (secondary N) is 1. The van der Waals surface area contributed by atoms with Crippen molar-refractivity contribution >= 4 is 11.3 Å². The van der Waals surface area contributed by atoms with Gasteiger partial charge in [-0.05, 0) is 30.7 Å². The van der Waals surface area contributed by atoms with Crippen molar-refractivity contribution < 1.29 is 13.2 Å². The van der Waals surface area contributed by atoms with Gasteiger partial charge in [-0.15, -0.1) is 11.3 Å². The molecular formula is C18H16F3N3S. The molecule has 1 N–H and O–H groups in total. The molecule has 2 aromatic heterocycles. The van der Waals surface area contributed by atoms with E-state index in [-0.39, 0.29) is 0 Å². The number of alkyl halides is 3. The summed E-state index contributed by atoms with van der Waals surface area (Å²) >= 11 is 1.52. The lowest BCUT2D eigenvalue weighted by Crippen LogP contribution is -2.13. The van der Waals surface area contributed by atoms with Crippen molar-refractivity contribution in [2.45, 2.75) is 26.2 Å². The van der Waals surface area contributed by atoms with Gasteiger partial charge in [0.05, 0.1) is 16.1 Å². The zero-order valence-electron chi connectivity index (χ0n) is 13.5. The number of aromatic nitrogens is 2. The van der Waals surface area contributed by atoms with Gasteiger partial charge < -0.3 is 5.32 Å². The van der Waals surface area contributed by atoms with Crippen molar-refractivity contribution in [2.24, 2.45) is 0 Å². The molecule has 0 radical (unpaired) electrons. The van der Waals surface area contributed by atoms with Crippen molar-refractivity contribution in [1.82, 2.24) is 15.3 Å². The summed E-state index contributed by atoms with van der Waals surface area (Å²) in [5.74, 6) is 0. The van der Waals surface area contributed by atoms with Crippen molar-refractivity contribution in [3.05, 3.63) is 70.5 Å². The first-order valence-electron chi connectivity index (χ1n) is 7.67. The molecule has 25 heavy (non-hydrogen) atoms. The third kappa shape index (κ3) is 4.64. The van der Waals surface area contributed by atoms with Gasteiger partial charge in [-0.2, -0.15) is 13.2 Å². The van der Waals surface area contributed by atoms with Crippen LogP contribution in [-0.4, -0.2) is 9.97 Å². The van der Waals surface area contributed by atoms with E-state index in [4.69, 9.17) is 0 Å². The van der Waals surface area contributed by atoms with E-state index >= 15 is 0 Å². The number of benzene rings is 1. The predicted octanol–water partition coefficient (Wildman–Crippen LogP) is 4.82. The summed E-state index contributed by atoms with van der Waals surface area (Å²) in [6, 6.07) is 11.1. The Morgan fingerprint density at radius 2 is 1.88 bits per heavy atom. The Kier molecular flexibility index (Phi) is 5.15. The lowest BCUT2D eigenvalue weighted by atomic mass is 10.1. The topological polar surface area (TPSA) is 37.8 Å². The molecule has 0 saturated carbocycles. The third-order valence-corrected chi connectivity index (χ3v) is 4.57. The Hall–Kier alpha value is -2.25. The van der Waals surface area contributed by atoms with Gasteiger partial charge in [0.2, 0.25) is 0 Å². The van der Waals surface area contributed by atoms with E-state index in [0.717, 1.165) is 33.4 Å². The quantitative estimate of drug-likeness (QED) is 0.706. The van der Waals surface area contributed by atoms with Gasteiger partial charge in [-0.25, -0.2) is 4.98 Å². The van der Waals surface area contributed by atoms with Gasteiger partial charge in [0.25, 0.3) is 0 Å². The molecule has 0 atom stereocenters.